The monoisotopic (exact) mass is 193 g/mol. The van der Waals surface area contributed by atoms with Gasteiger partial charge in [-0.1, -0.05) is 30.3 Å². The third-order valence-electron chi connectivity index (χ3n) is 1.69. The van der Waals surface area contributed by atoms with E-state index in [2.05, 4.69) is 5.32 Å². The molecule has 0 saturated heterocycles. The fourth-order valence-corrected chi connectivity index (χ4v) is 0.949. The number of nitrogens with one attached hydrogen (secondary N) is 1. The predicted octanol–water partition coefficient (Wildman–Crippen LogP) is -0.136. The Morgan fingerprint density at radius 2 is 1.86 bits per heavy atom. The lowest BCUT2D eigenvalue weighted by Crippen LogP contribution is -2.32. The van der Waals surface area contributed by atoms with E-state index in [-0.39, 0.29) is 0 Å². The summed E-state index contributed by atoms with van der Waals surface area (Å²) in [5.74, 6) is -1.57. The number of aliphatic hydroxyl groups excluding tert-OH is 1. The Morgan fingerprint density at radius 1 is 1.21 bits per heavy atom. The van der Waals surface area contributed by atoms with Crippen molar-refractivity contribution in [3.63, 3.8) is 0 Å². The molecule has 0 aromatic heterocycles. The van der Waals surface area contributed by atoms with Crippen molar-refractivity contribution < 1.29 is 14.7 Å². The van der Waals surface area contributed by atoms with Gasteiger partial charge in [-0.15, -0.1) is 0 Å². The number of hydrogen-bond acceptors (Lipinski definition) is 3. The number of benzene rings is 1. The predicted molar refractivity (Wildman–Crippen MR) is 50.4 cm³/mol. The van der Waals surface area contributed by atoms with Gasteiger partial charge in [0.15, 0.2) is 0 Å². The highest BCUT2D eigenvalue weighted by Gasteiger charge is 2.10. The zero-order valence-electron chi connectivity index (χ0n) is 7.56. The number of aliphatic hydroxyl groups is 1. The Bertz CT molecular complexity index is 321. The van der Waals surface area contributed by atoms with E-state index in [0.717, 1.165) is 5.56 Å². The highest BCUT2D eigenvalue weighted by molar-refractivity contribution is 6.36. The molecular formula is C10H11NO3. The summed E-state index contributed by atoms with van der Waals surface area (Å²) in [6, 6.07) is 9.22. The fourth-order valence-electron chi connectivity index (χ4n) is 0.949. The van der Waals surface area contributed by atoms with Gasteiger partial charge >= 0.3 is 0 Å². The van der Waals surface area contributed by atoms with Crippen molar-refractivity contribution >= 4 is 11.7 Å². The average Bonchev–Trinajstić information content (AvgIpc) is 2.26. The van der Waals surface area contributed by atoms with Gasteiger partial charge in [0.05, 0.1) is 0 Å². The van der Waals surface area contributed by atoms with Crippen molar-refractivity contribution in [2.24, 2.45) is 0 Å². The highest BCUT2D eigenvalue weighted by atomic mass is 16.3. The number of carbonyl (C=O) groups excluding carboxylic acids is 2. The molecule has 0 heterocycles. The summed E-state index contributed by atoms with van der Waals surface area (Å²) < 4.78 is 0. The van der Waals surface area contributed by atoms with E-state index < -0.39 is 18.3 Å². The minimum atomic E-state index is -0.819. The maximum Gasteiger partial charge on any atom is 0.290 e. The molecule has 2 N–H and O–H groups in total. The van der Waals surface area contributed by atoms with Gasteiger partial charge in [-0.05, 0) is 5.56 Å². The number of rotatable bonds is 4. The third-order valence-corrected chi connectivity index (χ3v) is 1.69. The normalized spacial score (nSPS) is 9.50. The van der Waals surface area contributed by atoms with Crippen molar-refractivity contribution in [3.05, 3.63) is 35.9 Å². The Labute approximate surface area is 81.6 Å². The van der Waals surface area contributed by atoms with E-state index in [9.17, 15) is 9.59 Å². The average molecular weight is 193 g/mol. The molecule has 0 aliphatic heterocycles. The van der Waals surface area contributed by atoms with E-state index in [4.69, 9.17) is 5.11 Å². The quantitative estimate of drug-likeness (QED) is 0.654. The number of ketones is 1. The summed E-state index contributed by atoms with van der Waals surface area (Å²) in [6.45, 7) is -0.452. The topological polar surface area (TPSA) is 66.4 Å². The molecule has 14 heavy (non-hydrogen) atoms. The zero-order chi connectivity index (χ0) is 10.4. The molecule has 0 aliphatic carbocycles. The van der Waals surface area contributed by atoms with Crippen molar-refractivity contribution in [2.75, 3.05) is 6.61 Å². The van der Waals surface area contributed by atoms with Crippen LogP contribution in [0.25, 0.3) is 0 Å². The molecule has 1 rings (SSSR count). The maximum absolute atomic E-state index is 10.9. The molecular weight excluding hydrogens is 182 g/mol. The van der Waals surface area contributed by atoms with Crippen LogP contribution >= 0.6 is 0 Å². The van der Waals surface area contributed by atoms with Crippen molar-refractivity contribution in [2.45, 2.75) is 6.54 Å². The Hall–Kier alpha value is -1.68. The van der Waals surface area contributed by atoms with Crippen LogP contribution in [-0.2, 0) is 16.1 Å². The van der Waals surface area contributed by atoms with Crippen LogP contribution in [0.4, 0.5) is 0 Å². The van der Waals surface area contributed by atoms with E-state index in [1.165, 1.54) is 0 Å². The van der Waals surface area contributed by atoms with Gasteiger partial charge in [-0.3, -0.25) is 9.59 Å². The lowest BCUT2D eigenvalue weighted by atomic mass is 10.2. The SMILES string of the molecule is O=C(CO)C(=O)NCc1ccccc1. The fraction of sp³-hybridized carbons (Fsp3) is 0.200. The number of carbonyl (C=O) groups is 2. The van der Waals surface area contributed by atoms with Crippen LogP contribution in [-0.4, -0.2) is 23.4 Å². The van der Waals surface area contributed by atoms with Gasteiger partial charge in [-0.25, -0.2) is 0 Å². The highest BCUT2D eigenvalue weighted by Crippen LogP contribution is 1.96. The number of amides is 1. The Balaban J connectivity index is 2.42. The molecule has 0 spiro atoms. The van der Waals surface area contributed by atoms with Crippen molar-refractivity contribution in [3.8, 4) is 0 Å². The molecule has 4 nitrogen and oxygen atoms in total. The Morgan fingerprint density at radius 3 is 2.43 bits per heavy atom. The molecule has 74 valence electrons. The molecule has 1 aromatic rings. The third kappa shape index (κ3) is 2.99. The van der Waals surface area contributed by atoms with Crippen LogP contribution in [0.3, 0.4) is 0 Å². The smallest absolute Gasteiger partial charge is 0.290 e. The van der Waals surface area contributed by atoms with Crippen molar-refractivity contribution in [1.82, 2.24) is 5.32 Å². The Kier molecular flexibility index (Phi) is 3.82. The lowest BCUT2D eigenvalue weighted by molar-refractivity contribution is -0.139. The van der Waals surface area contributed by atoms with Gasteiger partial charge in [-0.2, -0.15) is 0 Å². The first-order valence-electron chi connectivity index (χ1n) is 4.20. The molecule has 0 fully saturated rings. The minimum Gasteiger partial charge on any atom is -0.388 e. The van der Waals surface area contributed by atoms with Gasteiger partial charge in [0.1, 0.15) is 6.61 Å². The van der Waals surface area contributed by atoms with E-state index in [1.54, 1.807) is 0 Å². The first kappa shape index (κ1) is 10.4. The molecule has 0 unspecified atom stereocenters. The molecule has 0 saturated carbocycles. The van der Waals surface area contributed by atoms with E-state index >= 15 is 0 Å². The van der Waals surface area contributed by atoms with Crippen LogP contribution in [0.15, 0.2) is 30.3 Å². The molecule has 0 radical (unpaired) electrons. The molecule has 1 amide bonds. The number of hydrogen-bond donors (Lipinski definition) is 2. The number of Topliss-reactive ketones (excluding diaryl/α,β-unsaturated/α-hetero) is 1. The molecule has 0 aliphatic rings. The van der Waals surface area contributed by atoms with E-state index in [0.29, 0.717) is 6.54 Å². The zero-order valence-corrected chi connectivity index (χ0v) is 7.56. The largest absolute Gasteiger partial charge is 0.388 e. The van der Waals surface area contributed by atoms with Gasteiger partial charge in [0.25, 0.3) is 5.91 Å². The first-order chi connectivity index (χ1) is 6.74. The molecule has 1 aromatic carbocycles. The summed E-state index contributed by atoms with van der Waals surface area (Å²) in [5.41, 5.74) is 0.909. The summed E-state index contributed by atoms with van der Waals surface area (Å²) in [7, 11) is 0. The summed E-state index contributed by atoms with van der Waals surface area (Å²) in [6.07, 6.45) is 0. The second kappa shape index (κ2) is 5.14. The summed E-state index contributed by atoms with van der Waals surface area (Å²) >= 11 is 0. The lowest BCUT2D eigenvalue weighted by Gasteiger charge is -2.02. The van der Waals surface area contributed by atoms with E-state index in [1.807, 2.05) is 30.3 Å². The van der Waals surface area contributed by atoms with Crippen LogP contribution in [0.2, 0.25) is 0 Å². The molecule has 4 heteroatoms. The molecule has 0 bridgehead atoms. The van der Waals surface area contributed by atoms with Crippen LogP contribution in [0, 0.1) is 0 Å². The van der Waals surface area contributed by atoms with Crippen LogP contribution in [0.5, 0.6) is 0 Å². The standard InChI is InChI=1S/C10H11NO3/c12-7-9(13)10(14)11-6-8-4-2-1-3-5-8/h1-5,12H,6-7H2,(H,11,14). The van der Waals surface area contributed by atoms with Crippen LogP contribution in [0.1, 0.15) is 5.56 Å². The molecule has 0 atom stereocenters. The minimum absolute atomic E-state index is 0.297. The van der Waals surface area contributed by atoms with Crippen molar-refractivity contribution in [1.29, 1.82) is 0 Å². The second-order valence-corrected chi connectivity index (χ2v) is 2.75. The summed E-state index contributed by atoms with van der Waals surface area (Å²) in [5, 5.41) is 10.8. The first-order valence-corrected chi connectivity index (χ1v) is 4.20. The van der Waals surface area contributed by atoms with Crippen LogP contribution < -0.4 is 5.32 Å². The van der Waals surface area contributed by atoms with Gasteiger partial charge in [0, 0.05) is 6.54 Å². The van der Waals surface area contributed by atoms with Gasteiger partial charge < -0.3 is 10.4 Å². The van der Waals surface area contributed by atoms with Gasteiger partial charge in [0.2, 0.25) is 5.78 Å². The second-order valence-electron chi connectivity index (χ2n) is 2.75. The summed E-state index contributed by atoms with van der Waals surface area (Å²) in [4.78, 5) is 21.6. The maximum atomic E-state index is 10.9.